The van der Waals surface area contributed by atoms with Crippen molar-refractivity contribution in [2.24, 2.45) is 0 Å². The molecule has 2 aromatic rings. The van der Waals surface area contributed by atoms with E-state index in [2.05, 4.69) is 5.32 Å². The first-order valence-corrected chi connectivity index (χ1v) is 12.9. The van der Waals surface area contributed by atoms with Gasteiger partial charge in [0.15, 0.2) is 0 Å². The summed E-state index contributed by atoms with van der Waals surface area (Å²) in [5, 5.41) is 2.97. The number of hydrogen-bond donors (Lipinski definition) is 1. The summed E-state index contributed by atoms with van der Waals surface area (Å²) >= 11 is 0. The molecule has 180 valence electrons. The van der Waals surface area contributed by atoms with E-state index in [-0.39, 0.29) is 22.9 Å². The van der Waals surface area contributed by atoms with Crippen molar-refractivity contribution in [1.29, 1.82) is 0 Å². The zero-order chi connectivity index (χ0) is 24.0. The molecule has 0 spiro atoms. The highest BCUT2D eigenvalue weighted by Gasteiger charge is 2.29. The predicted molar refractivity (Wildman–Crippen MR) is 130 cm³/mol. The fourth-order valence-electron chi connectivity index (χ4n) is 4.39. The minimum absolute atomic E-state index is 0.0460. The van der Waals surface area contributed by atoms with Gasteiger partial charge in [0.05, 0.1) is 18.0 Å². The molecule has 3 rings (SSSR count). The summed E-state index contributed by atoms with van der Waals surface area (Å²) in [7, 11) is 3.61. The average Bonchev–Trinajstić information content (AvgIpc) is 2.84. The molecule has 0 bridgehead atoms. The number of amides is 1. The third kappa shape index (κ3) is 5.93. The van der Waals surface area contributed by atoms with Gasteiger partial charge in [-0.2, -0.15) is 4.31 Å². The number of para-hydroxylation sites is 1. The lowest BCUT2D eigenvalue weighted by atomic mass is 9.96. The number of ether oxygens (including phenoxy) is 1. The van der Waals surface area contributed by atoms with Crippen LogP contribution in [0.15, 0.2) is 53.4 Å². The Labute approximate surface area is 197 Å². The maximum Gasteiger partial charge on any atom is 0.251 e. The molecule has 1 saturated carbocycles. The average molecular weight is 474 g/mol. The third-order valence-electron chi connectivity index (χ3n) is 6.46. The number of carbonyl (C=O) groups is 1. The lowest BCUT2D eigenvalue weighted by Gasteiger charge is -2.30. The second-order valence-electron chi connectivity index (χ2n) is 8.77. The molecule has 1 atom stereocenters. The monoisotopic (exact) mass is 473 g/mol. The van der Waals surface area contributed by atoms with Gasteiger partial charge in [-0.3, -0.25) is 4.79 Å². The smallest absolute Gasteiger partial charge is 0.251 e. The van der Waals surface area contributed by atoms with E-state index in [4.69, 9.17) is 4.74 Å². The van der Waals surface area contributed by atoms with Gasteiger partial charge in [0.1, 0.15) is 5.75 Å². The molecule has 2 aromatic carbocycles. The summed E-state index contributed by atoms with van der Waals surface area (Å²) in [5.41, 5.74) is 1.41. The maximum absolute atomic E-state index is 13.0. The number of nitrogens with one attached hydrogen (secondary N) is 1. The fourth-order valence-corrected chi connectivity index (χ4v) is 5.81. The lowest BCUT2D eigenvalue weighted by Crippen LogP contribution is -2.38. The van der Waals surface area contributed by atoms with Crippen molar-refractivity contribution in [3.63, 3.8) is 0 Å². The Balaban J connectivity index is 1.68. The molecule has 7 nitrogen and oxygen atoms in total. The molecule has 0 aliphatic heterocycles. The first-order chi connectivity index (χ1) is 15.8. The number of rotatable bonds is 9. The van der Waals surface area contributed by atoms with Crippen LogP contribution >= 0.6 is 0 Å². The summed E-state index contributed by atoms with van der Waals surface area (Å²) in [6.45, 7) is 0.386. The zero-order valence-corrected chi connectivity index (χ0v) is 20.8. The molecular weight excluding hydrogens is 438 g/mol. The molecule has 0 aromatic heterocycles. The molecule has 1 N–H and O–H groups in total. The Morgan fingerprint density at radius 3 is 2.27 bits per heavy atom. The molecule has 1 aliphatic carbocycles. The summed E-state index contributed by atoms with van der Waals surface area (Å²) in [6.07, 6.45) is 5.09. The lowest BCUT2D eigenvalue weighted by molar-refractivity contribution is 0.0941. The summed E-state index contributed by atoms with van der Waals surface area (Å²) < 4.78 is 33.0. The minimum Gasteiger partial charge on any atom is -0.496 e. The number of hydrogen-bond acceptors (Lipinski definition) is 5. The summed E-state index contributed by atoms with van der Waals surface area (Å²) in [6, 6.07) is 13.9. The van der Waals surface area contributed by atoms with E-state index in [9.17, 15) is 13.2 Å². The maximum atomic E-state index is 13.0. The van der Waals surface area contributed by atoms with Gasteiger partial charge in [-0.15, -0.1) is 0 Å². The zero-order valence-electron chi connectivity index (χ0n) is 20.0. The molecule has 1 unspecified atom stereocenters. The first-order valence-electron chi connectivity index (χ1n) is 11.4. The Bertz CT molecular complexity index is 1030. The molecule has 1 amide bonds. The second-order valence-corrected chi connectivity index (χ2v) is 10.8. The van der Waals surface area contributed by atoms with E-state index in [1.807, 2.05) is 43.3 Å². The molecule has 0 saturated heterocycles. The van der Waals surface area contributed by atoms with Crippen molar-refractivity contribution < 1.29 is 17.9 Å². The number of likely N-dealkylation sites (N-methyl/N-ethyl adjacent to an activating group) is 1. The van der Waals surface area contributed by atoms with E-state index >= 15 is 0 Å². The van der Waals surface area contributed by atoms with Crippen LogP contribution in [0.25, 0.3) is 0 Å². The predicted octanol–water partition coefficient (Wildman–Crippen LogP) is 3.68. The van der Waals surface area contributed by atoms with Crippen LogP contribution < -0.4 is 10.1 Å². The highest BCUT2D eigenvalue weighted by molar-refractivity contribution is 7.89. The van der Waals surface area contributed by atoms with E-state index < -0.39 is 10.0 Å². The molecule has 33 heavy (non-hydrogen) atoms. The molecule has 8 heteroatoms. The normalized spacial score (nSPS) is 16.1. The van der Waals surface area contributed by atoms with Crippen LogP contribution in [0.3, 0.4) is 0 Å². The van der Waals surface area contributed by atoms with Crippen molar-refractivity contribution in [3.05, 3.63) is 59.7 Å². The van der Waals surface area contributed by atoms with Crippen molar-refractivity contribution >= 4 is 15.9 Å². The third-order valence-corrected chi connectivity index (χ3v) is 8.38. The van der Waals surface area contributed by atoms with E-state index in [1.165, 1.54) is 22.9 Å². The van der Waals surface area contributed by atoms with Gasteiger partial charge in [0.25, 0.3) is 5.91 Å². The minimum atomic E-state index is -3.58. The highest BCUT2D eigenvalue weighted by atomic mass is 32.2. The van der Waals surface area contributed by atoms with E-state index in [0.29, 0.717) is 12.1 Å². The van der Waals surface area contributed by atoms with Crippen LogP contribution in [0.2, 0.25) is 0 Å². The van der Waals surface area contributed by atoms with Crippen LogP contribution in [0, 0.1) is 0 Å². The van der Waals surface area contributed by atoms with Gasteiger partial charge in [0, 0.05) is 30.8 Å². The number of benzene rings is 2. The number of nitrogens with zero attached hydrogens (tertiary/aromatic N) is 2. The van der Waals surface area contributed by atoms with Crippen molar-refractivity contribution in [2.45, 2.75) is 49.1 Å². The van der Waals surface area contributed by atoms with E-state index in [0.717, 1.165) is 37.0 Å². The van der Waals surface area contributed by atoms with Crippen molar-refractivity contribution in [2.75, 3.05) is 34.8 Å². The van der Waals surface area contributed by atoms with Crippen molar-refractivity contribution in [1.82, 2.24) is 14.5 Å². The second kappa shape index (κ2) is 11.1. The molecule has 1 aliphatic rings. The molecule has 0 heterocycles. The fraction of sp³-hybridized carbons (Fsp3) is 0.480. The first kappa shape index (κ1) is 25.2. The van der Waals surface area contributed by atoms with Crippen LogP contribution in [0.1, 0.15) is 54.1 Å². The standard InChI is InChI=1S/C25H35N3O4S/c1-27(2)23(22-12-8-9-13-24(22)32-4)18-26-25(29)19-14-16-21(17-15-19)33(30,31)28(3)20-10-6-5-7-11-20/h8-9,12-17,20,23H,5-7,10-11,18H2,1-4H3,(H,26,29). The van der Waals surface area contributed by atoms with E-state index in [1.54, 1.807) is 26.3 Å². The van der Waals surface area contributed by atoms with Crippen LogP contribution in [-0.2, 0) is 10.0 Å². The Morgan fingerprint density at radius 2 is 1.67 bits per heavy atom. The molecule has 1 fully saturated rings. The van der Waals surface area contributed by atoms with Gasteiger partial charge in [-0.25, -0.2) is 8.42 Å². The SMILES string of the molecule is COc1ccccc1C(CNC(=O)c1ccc(S(=O)(=O)N(C)C2CCCCC2)cc1)N(C)C. The Morgan fingerprint density at radius 1 is 1.03 bits per heavy atom. The van der Waals surface area contributed by atoms with Gasteiger partial charge >= 0.3 is 0 Å². The molecular formula is C25H35N3O4S. The van der Waals surface area contributed by atoms with Crippen LogP contribution in [0.4, 0.5) is 0 Å². The molecule has 0 radical (unpaired) electrons. The Hall–Kier alpha value is -2.42. The quantitative estimate of drug-likeness (QED) is 0.601. The number of sulfonamides is 1. The largest absolute Gasteiger partial charge is 0.496 e. The van der Waals surface area contributed by atoms with Gasteiger partial charge in [-0.1, -0.05) is 37.5 Å². The van der Waals surface area contributed by atoms with Gasteiger partial charge in [-0.05, 0) is 57.3 Å². The summed E-state index contributed by atoms with van der Waals surface area (Å²) in [4.78, 5) is 15.0. The van der Waals surface area contributed by atoms with Crippen LogP contribution in [0.5, 0.6) is 5.75 Å². The van der Waals surface area contributed by atoms with Crippen LogP contribution in [-0.4, -0.2) is 64.4 Å². The van der Waals surface area contributed by atoms with Crippen molar-refractivity contribution in [3.8, 4) is 5.75 Å². The Kier molecular flexibility index (Phi) is 8.51. The highest BCUT2D eigenvalue weighted by Crippen LogP contribution is 2.28. The number of methoxy groups -OCH3 is 1. The topological polar surface area (TPSA) is 78.9 Å². The summed E-state index contributed by atoms with van der Waals surface area (Å²) in [5.74, 6) is 0.517. The van der Waals surface area contributed by atoms with Gasteiger partial charge in [0.2, 0.25) is 10.0 Å². The number of carbonyl (C=O) groups excluding carboxylic acids is 1. The van der Waals surface area contributed by atoms with Gasteiger partial charge < -0.3 is 15.0 Å².